The Kier molecular flexibility index (Phi) is 5.66. The number of hydroxylamine groups is 1. The minimum Gasteiger partial charge on any atom is -0.435 e. The number of rotatable bonds is 6. The van der Waals surface area contributed by atoms with Gasteiger partial charge in [-0.15, -0.1) is 0 Å². The van der Waals surface area contributed by atoms with E-state index in [2.05, 4.69) is 20.0 Å². The summed E-state index contributed by atoms with van der Waals surface area (Å²) in [6.45, 7) is -0.167. The lowest BCUT2D eigenvalue weighted by Gasteiger charge is -2.31. The topological polar surface area (TPSA) is 69.2 Å². The highest BCUT2D eigenvalue weighted by Gasteiger charge is 2.31. The van der Waals surface area contributed by atoms with E-state index in [1.54, 1.807) is 12.1 Å². The monoisotopic (exact) mass is 376 g/mol. The molecular weight excluding hydrogens is 358 g/mol. The molecule has 1 atom stereocenters. The van der Waals surface area contributed by atoms with Crippen LogP contribution in [-0.2, 0) is 19.9 Å². The Balaban J connectivity index is 1.90. The van der Waals surface area contributed by atoms with Gasteiger partial charge in [0.1, 0.15) is 17.9 Å². The fourth-order valence-electron chi connectivity index (χ4n) is 2.89. The third kappa shape index (κ3) is 4.59. The Morgan fingerprint density at radius 2 is 1.96 bits per heavy atom. The van der Waals surface area contributed by atoms with Gasteiger partial charge in [0.25, 0.3) is 0 Å². The highest BCUT2D eigenvalue weighted by molar-refractivity contribution is 5.84. The number of carbonyl (C=O) groups excluding carboxylic acids is 1. The van der Waals surface area contributed by atoms with E-state index in [4.69, 9.17) is 4.74 Å². The summed E-state index contributed by atoms with van der Waals surface area (Å²) in [6.07, 6.45) is 0. The molecule has 0 saturated heterocycles. The van der Waals surface area contributed by atoms with Crippen LogP contribution in [0.25, 0.3) is 11.1 Å². The number of carbonyl (C=O) groups is 1. The molecule has 2 aromatic carbocycles. The van der Waals surface area contributed by atoms with Crippen LogP contribution in [0, 0.1) is 0 Å². The fraction of sp³-hybridized carbons (Fsp3) is 0.263. The first-order valence-corrected chi connectivity index (χ1v) is 8.18. The second-order valence-corrected chi connectivity index (χ2v) is 6.13. The van der Waals surface area contributed by atoms with Crippen molar-refractivity contribution < 1.29 is 27.9 Å². The largest absolute Gasteiger partial charge is 0.435 e. The highest BCUT2D eigenvalue weighted by Crippen LogP contribution is 2.32. The van der Waals surface area contributed by atoms with Gasteiger partial charge in [0, 0.05) is 0 Å². The molecule has 6 nitrogen and oxygen atoms in total. The van der Waals surface area contributed by atoms with E-state index in [9.17, 15) is 13.6 Å². The minimum atomic E-state index is -2.88. The van der Waals surface area contributed by atoms with Gasteiger partial charge in [-0.3, -0.25) is 9.79 Å². The molecule has 0 bridgehead atoms. The van der Waals surface area contributed by atoms with Crippen molar-refractivity contribution in [2.75, 3.05) is 13.2 Å². The lowest BCUT2D eigenvalue weighted by molar-refractivity contribution is -0.132. The lowest BCUT2D eigenvalue weighted by atomic mass is 9.90. The van der Waals surface area contributed by atoms with Crippen LogP contribution in [0.5, 0.6) is 5.75 Å². The molecule has 0 fully saturated rings. The van der Waals surface area contributed by atoms with Gasteiger partial charge in [-0.25, -0.2) is 5.48 Å². The summed E-state index contributed by atoms with van der Waals surface area (Å²) in [5.41, 5.74) is 4.17. The Morgan fingerprint density at radius 1 is 1.22 bits per heavy atom. The van der Waals surface area contributed by atoms with Crippen LogP contribution < -0.4 is 10.2 Å². The molecule has 0 spiro atoms. The number of alkyl halides is 2. The standard InChI is InChI=1S/C19H18F2N2O4/c1-19(11-25-10-17(22-19)23-26-12-24)15-6-2-4-13(8-15)14-5-3-7-16(9-14)27-18(20)21/h2-9,12,18H,10-11H2,1H3,(H,22,23). The van der Waals surface area contributed by atoms with Crippen LogP contribution >= 0.6 is 0 Å². The fourth-order valence-corrected chi connectivity index (χ4v) is 2.89. The van der Waals surface area contributed by atoms with Gasteiger partial charge < -0.3 is 14.3 Å². The van der Waals surface area contributed by atoms with E-state index in [1.165, 1.54) is 6.07 Å². The summed E-state index contributed by atoms with van der Waals surface area (Å²) in [7, 11) is 0. The number of aliphatic imine (C=N–C) groups is 1. The Bertz CT molecular complexity index is 844. The smallest absolute Gasteiger partial charge is 0.387 e. The van der Waals surface area contributed by atoms with E-state index < -0.39 is 12.2 Å². The first-order chi connectivity index (χ1) is 13.0. The molecule has 8 heteroatoms. The molecule has 1 heterocycles. The normalized spacial score (nSPS) is 19.3. The van der Waals surface area contributed by atoms with Gasteiger partial charge >= 0.3 is 13.1 Å². The van der Waals surface area contributed by atoms with Crippen molar-refractivity contribution in [3.8, 4) is 16.9 Å². The first-order valence-electron chi connectivity index (χ1n) is 8.18. The van der Waals surface area contributed by atoms with Crippen LogP contribution in [0.3, 0.4) is 0 Å². The van der Waals surface area contributed by atoms with Crippen LogP contribution in [0.4, 0.5) is 8.78 Å². The third-order valence-electron chi connectivity index (χ3n) is 4.11. The molecule has 1 aliphatic heterocycles. The summed E-state index contributed by atoms with van der Waals surface area (Å²) < 4.78 is 34.9. The number of halogens is 2. The maximum absolute atomic E-state index is 12.4. The van der Waals surface area contributed by atoms with Gasteiger partial charge in [-0.2, -0.15) is 8.78 Å². The summed E-state index contributed by atoms with van der Waals surface area (Å²) >= 11 is 0. The molecule has 0 radical (unpaired) electrons. The number of hydrogen-bond acceptors (Lipinski definition) is 6. The minimum absolute atomic E-state index is 0.0932. The van der Waals surface area contributed by atoms with Crippen molar-refractivity contribution in [1.82, 2.24) is 5.48 Å². The predicted octanol–water partition coefficient (Wildman–Crippen LogP) is 3.28. The molecular formula is C19H18F2N2O4. The van der Waals surface area contributed by atoms with Crippen LogP contribution in [0.1, 0.15) is 12.5 Å². The van der Waals surface area contributed by atoms with E-state index >= 15 is 0 Å². The number of amidine groups is 1. The molecule has 0 aromatic heterocycles. The number of ether oxygens (including phenoxy) is 2. The average Bonchev–Trinajstić information content (AvgIpc) is 2.66. The zero-order chi connectivity index (χ0) is 19.3. The molecule has 1 aliphatic rings. The second kappa shape index (κ2) is 8.13. The first kappa shape index (κ1) is 18.8. The van der Waals surface area contributed by atoms with Crippen LogP contribution in [0.15, 0.2) is 53.5 Å². The summed E-state index contributed by atoms with van der Waals surface area (Å²) in [5.74, 6) is 0.490. The maximum atomic E-state index is 12.4. The number of benzene rings is 2. The average molecular weight is 376 g/mol. The Labute approximate surface area is 154 Å². The summed E-state index contributed by atoms with van der Waals surface area (Å²) in [6, 6.07) is 14.0. The quantitative estimate of drug-likeness (QED) is 0.619. The summed E-state index contributed by atoms with van der Waals surface area (Å²) in [4.78, 5) is 19.4. The van der Waals surface area contributed by atoms with Gasteiger partial charge in [0.05, 0.1) is 6.61 Å². The lowest BCUT2D eigenvalue weighted by Crippen LogP contribution is -2.40. The molecule has 27 heavy (non-hydrogen) atoms. The molecule has 0 aliphatic carbocycles. The highest BCUT2D eigenvalue weighted by atomic mass is 19.3. The Hall–Kier alpha value is -3.00. The van der Waals surface area contributed by atoms with E-state index in [1.807, 2.05) is 37.3 Å². The summed E-state index contributed by atoms with van der Waals surface area (Å²) in [5, 5.41) is 0. The van der Waals surface area contributed by atoms with Gasteiger partial charge in [-0.05, 0) is 41.8 Å². The van der Waals surface area contributed by atoms with Crippen molar-refractivity contribution in [3.05, 3.63) is 54.1 Å². The van der Waals surface area contributed by atoms with E-state index in [-0.39, 0.29) is 18.8 Å². The molecule has 142 valence electrons. The zero-order valence-electron chi connectivity index (χ0n) is 14.5. The SMILES string of the molecule is CC1(c2cccc(-c3cccc(OC(F)F)c3)c2)COCC(NOC=O)=N1. The molecule has 1 unspecified atom stereocenters. The van der Waals surface area contributed by atoms with Gasteiger partial charge in [0.2, 0.25) is 0 Å². The molecule has 0 amide bonds. The second-order valence-electron chi connectivity index (χ2n) is 6.13. The van der Waals surface area contributed by atoms with Crippen molar-refractivity contribution >= 4 is 12.3 Å². The van der Waals surface area contributed by atoms with Crippen molar-refractivity contribution in [1.29, 1.82) is 0 Å². The predicted molar refractivity (Wildman–Crippen MR) is 94.4 cm³/mol. The van der Waals surface area contributed by atoms with E-state index in [0.29, 0.717) is 12.4 Å². The number of nitrogens with zero attached hydrogens (tertiary/aromatic N) is 1. The van der Waals surface area contributed by atoms with Gasteiger partial charge in [0.15, 0.2) is 5.84 Å². The third-order valence-corrected chi connectivity index (χ3v) is 4.11. The van der Waals surface area contributed by atoms with Crippen molar-refractivity contribution in [2.24, 2.45) is 4.99 Å². The maximum Gasteiger partial charge on any atom is 0.387 e. The van der Waals surface area contributed by atoms with Crippen LogP contribution in [-0.4, -0.2) is 32.1 Å². The molecule has 1 N–H and O–H groups in total. The van der Waals surface area contributed by atoms with Crippen molar-refractivity contribution in [2.45, 2.75) is 19.1 Å². The Morgan fingerprint density at radius 3 is 2.70 bits per heavy atom. The number of hydrogen-bond donors (Lipinski definition) is 1. The van der Waals surface area contributed by atoms with Crippen LogP contribution in [0.2, 0.25) is 0 Å². The number of nitrogens with one attached hydrogen (secondary N) is 1. The van der Waals surface area contributed by atoms with E-state index in [0.717, 1.165) is 16.7 Å². The molecule has 0 saturated carbocycles. The molecule has 3 rings (SSSR count). The zero-order valence-corrected chi connectivity index (χ0v) is 14.5. The molecule has 2 aromatic rings. The van der Waals surface area contributed by atoms with Crippen molar-refractivity contribution in [3.63, 3.8) is 0 Å². The van der Waals surface area contributed by atoms with Gasteiger partial charge in [-0.1, -0.05) is 30.3 Å².